The molecule has 0 bridgehead atoms. The average molecular weight is 410 g/mol. The summed E-state index contributed by atoms with van der Waals surface area (Å²) < 4.78 is 5.15. The molecule has 31 heavy (non-hydrogen) atoms. The molecular weight excluding hydrogens is 388 g/mol. The number of benzene rings is 3. The highest BCUT2D eigenvalue weighted by Crippen LogP contribution is 2.25. The number of hydrogen-bond donors (Lipinski definition) is 2. The predicted octanol–water partition coefficient (Wildman–Crippen LogP) is 4.96. The van der Waals surface area contributed by atoms with Crippen LogP contribution in [0.3, 0.4) is 0 Å². The van der Waals surface area contributed by atoms with E-state index in [1.54, 1.807) is 24.4 Å². The third-order valence-corrected chi connectivity index (χ3v) is 4.70. The summed E-state index contributed by atoms with van der Waals surface area (Å²) in [6, 6.07) is 24.8. The number of aliphatic imine (C=N–C) groups is 1. The summed E-state index contributed by atoms with van der Waals surface area (Å²) in [5.41, 5.74) is 7.30. The second kappa shape index (κ2) is 9.09. The van der Waals surface area contributed by atoms with Gasteiger partial charge in [-0.3, -0.25) is 5.43 Å². The van der Waals surface area contributed by atoms with E-state index < -0.39 is 0 Å². The van der Waals surface area contributed by atoms with Gasteiger partial charge in [-0.15, -0.1) is 0 Å². The van der Waals surface area contributed by atoms with Gasteiger partial charge in [0.25, 0.3) is 0 Å². The van der Waals surface area contributed by atoms with Gasteiger partial charge < -0.3 is 9.84 Å². The molecule has 0 radical (unpaired) electrons. The number of pyridine rings is 1. The van der Waals surface area contributed by atoms with Crippen LogP contribution in [0, 0.1) is 6.92 Å². The normalized spacial score (nSPS) is 11.7. The number of para-hydroxylation sites is 1. The average Bonchev–Trinajstić information content (AvgIpc) is 2.80. The lowest BCUT2D eigenvalue weighted by atomic mass is 10.2. The number of hydrazone groups is 1. The third-order valence-electron chi connectivity index (χ3n) is 4.70. The number of nitrogens with zero attached hydrogens (tertiary/aromatic N) is 3. The van der Waals surface area contributed by atoms with Gasteiger partial charge in [-0.2, -0.15) is 5.10 Å². The van der Waals surface area contributed by atoms with Crippen molar-refractivity contribution in [3.8, 4) is 11.5 Å². The molecule has 3 aromatic carbocycles. The van der Waals surface area contributed by atoms with Crippen molar-refractivity contribution in [3.63, 3.8) is 0 Å². The van der Waals surface area contributed by atoms with Crippen LogP contribution in [-0.2, 0) is 0 Å². The molecule has 1 heterocycles. The summed E-state index contributed by atoms with van der Waals surface area (Å²) in [6.07, 6.45) is 1.63. The Morgan fingerprint density at radius 1 is 1.00 bits per heavy atom. The van der Waals surface area contributed by atoms with Crippen LogP contribution in [0.5, 0.6) is 11.5 Å². The number of rotatable bonds is 5. The molecule has 0 aliphatic carbocycles. The van der Waals surface area contributed by atoms with Gasteiger partial charge in [0.1, 0.15) is 5.69 Å². The number of methoxy groups -OCH3 is 1. The van der Waals surface area contributed by atoms with Crippen molar-refractivity contribution in [2.24, 2.45) is 10.1 Å². The van der Waals surface area contributed by atoms with Gasteiger partial charge in [0.2, 0.25) is 0 Å². The Morgan fingerprint density at radius 2 is 1.81 bits per heavy atom. The Bertz CT molecular complexity index is 1260. The van der Waals surface area contributed by atoms with Crippen LogP contribution >= 0.6 is 0 Å². The lowest BCUT2D eigenvalue weighted by Crippen LogP contribution is -2.20. The molecule has 0 fully saturated rings. The van der Waals surface area contributed by atoms with Crippen molar-refractivity contribution >= 4 is 28.6 Å². The number of aryl methyl sites for hydroxylation is 1. The van der Waals surface area contributed by atoms with Gasteiger partial charge in [0.15, 0.2) is 17.3 Å². The molecule has 0 saturated heterocycles. The minimum Gasteiger partial charge on any atom is -0.504 e. The largest absolute Gasteiger partial charge is 0.504 e. The molecule has 0 amide bonds. The van der Waals surface area contributed by atoms with Gasteiger partial charge >= 0.3 is 0 Å². The number of aromatic hydroxyl groups is 1. The van der Waals surface area contributed by atoms with Gasteiger partial charge in [-0.05, 0) is 55.0 Å². The Labute approximate surface area is 180 Å². The van der Waals surface area contributed by atoms with E-state index in [2.05, 4.69) is 10.5 Å². The Morgan fingerprint density at radius 3 is 2.61 bits per heavy atom. The summed E-state index contributed by atoms with van der Waals surface area (Å²) in [7, 11) is 1.51. The van der Waals surface area contributed by atoms with Crippen molar-refractivity contribution in [2.75, 3.05) is 7.11 Å². The molecule has 0 unspecified atom stereocenters. The SMILES string of the molecule is COc1cc(C=NNC(=Nc2ccc(C)cc2)c2ccc3ccccc3n2)ccc1O. The number of hydrogen-bond acceptors (Lipinski definition) is 5. The summed E-state index contributed by atoms with van der Waals surface area (Å²) in [6.45, 7) is 2.04. The number of fused-ring (bicyclic) bond motifs is 1. The number of amidine groups is 1. The number of phenols is 1. The molecule has 6 heteroatoms. The second-order valence-electron chi connectivity index (χ2n) is 6.99. The molecule has 0 spiro atoms. The maximum atomic E-state index is 9.75. The maximum absolute atomic E-state index is 9.75. The van der Waals surface area contributed by atoms with Crippen molar-refractivity contribution in [1.29, 1.82) is 0 Å². The molecule has 6 nitrogen and oxygen atoms in total. The fourth-order valence-corrected chi connectivity index (χ4v) is 3.03. The molecule has 0 aliphatic rings. The predicted molar refractivity (Wildman–Crippen MR) is 125 cm³/mol. The van der Waals surface area contributed by atoms with E-state index in [9.17, 15) is 5.11 Å². The first-order valence-corrected chi connectivity index (χ1v) is 9.80. The first-order chi connectivity index (χ1) is 15.1. The molecular formula is C25H22N4O2. The molecule has 2 N–H and O–H groups in total. The van der Waals surface area contributed by atoms with Crippen molar-refractivity contribution < 1.29 is 9.84 Å². The van der Waals surface area contributed by atoms with Gasteiger partial charge in [-0.25, -0.2) is 9.98 Å². The lowest BCUT2D eigenvalue weighted by Gasteiger charge is -2.08. The van der Waals surface area contributed by atoms with Gasteiger partial charge in [0.05, 0.1) is 24.5 Å². The summed E-state index contributed by atoms with van der Waals surface area (Å²) in [5, 5.41) is 15.1. The highest BCUT2D eigenvalue weighted by molar-refractivity contribution is 6.00. The van der Waals surface area contributed by atoms with Crippen molar-refractivity contribution in [2.45, 2.75) is 6.92 Å². The first kappa shape index (κ1) is 20.1. The number of aromatic nitrogens is 1. The van der Waals surface area contributed by atoms with E-state index in [1.807, 2.05) is 67.6 Å². The standard InChI is InChI=1S/C25H22N4O2/c1-17-7-11-20(12-8-17)27-25(22-13-10-19-5-3-4-6-21(19)28-22)29-26-16-18-9-14-23(30)24(15-18)31-2/h3-16,30H,1-2H3,(H,27,29). The quantitative estimate of drug-likeness (QED) is 0.277. The van der Waals surface area contributed by atoms with Crippen molar-refractivity contribution in [3.05, 3.63) is 95.7 Å². The molecule has 4 aromatic rings. The smallest absolute Gasteiger partial charge is 0.173 e. The summed E-state index contributed by atoms with van der Waals surface area (Å²) in [5.74, 6) is 0.986. The topological polar surface area (TPSA) is 79.1 Å². The number of phenolic OH excluding ortho intramolecular Hbond substituents is 1. The Hall–Kier alpha value is -4.19. The first-order valence-electron chi connectivity index (χ1n) is 9.80. The number of nitrogens with one attached hydrogen (secondary N) is 1. The van der Waals surface area contributed by atoms with Crippen molar-refractivity contribution in [1.82, 2.24) is 10.4 Å². The molecule has 4 rings (SSSR count). The highest BCUT2D eigenvalue weighted by Gasteiger charge is 2.07. The van der Waals surface area contributed by atoms with Crippen LogP contribution in [0.2, 0.25) is 0 Å². The van der Waals surface area contributed by atoms with Crippen LogP contribution < -0.4 is 10.2 Å². The number of ether oxygens (including phenoxy) is 1. The molecule has 154 valence electrons. The summed E-state index contributed by atoms with van der Waals surface area (Å²) >= 11 is 0. The molecule has 0 aliphatic heterocycles. The highest BCUT2D eigenvalue weighted by atomic mass is 16.5. The van der Waals surface area contributed by atoms with Crippen LogP contribution in [0.25, 0.3) is 10.9 Å². The molecule has 0 saturated carbocycles. The van der Waals surface area contributed by atoms with E-state index in [0.717, 1.165) is 27.7 Å². The maximum Gasteiger partial charge on any atom is 0.173 e. The van der Waals surface area contributed by atoms with Crippen LogP contribution in [0.4, 0.5) is 5.69 Å². The van der Waals surface area contributed by atoms with E-state index in [4.69, 9.17) is 14.7 Å². The molecule has 1 aromatic heterocycles. The van der Waals surface area contributed by atoms with Crippen LogP contribution in [0.1, 0.15) is 16.8 Å². The monoisotopic (exact) mass is 410 g/mol. The fourth-order valence-electron chi connectivity index (χ4n) is 3.03. The zero-order chi connectivity index (χ0) is 21.6. The van der Waals surface area contributed by atoms with Gasteiger partial charge in [0, 0.05) is 5.39 Å². The lowest BCUT2D eigenvalue weighted by molar-refractivity contribution is 0.373. The van der Waals surface area contributed by atoms with E-state index in [0.29, 0.717) is 17.3 Å². The van der Waals surface area contributed by atoms with E-state index in [1.165, 1.54) is 7.11 Å². The second-order valence-corrected chi connectivity index (χ2v) is 6.99. The Balaban J connectivity index is 1.67. The summed E-state index contributed by atoms with van der Waals surface area (Å²) in [4.78, 5) is 9.45. The van der Waals surface area contributed by atoms with Gasteiger partial charge in [-0.1, -0.05) is 42.0 Å². The zero-order valence-electron chi connectivity index (χ0n) is 17.3. The van der Waals surface area contributed by atoms with Crippen LogP contribution in [-0.4, -0.2) is 29.3 Å². The van der Waals surface area contributed by atoms with Crippen LogP contribution in [0.15, 0.2) is 89.0 Å². The fraction of sp³-hybridized carbons (Fsp3) is 0.0800. The minimum atomic E-state index is 0.0783. The Kier molecular flexibility index (Phi) is 5.89. The molecule has 0 atom stereocenters. The minimum absolute atomic E-state index is 0.0783. The van der Waals surface area contributed by atoms with E-state index >= 15 is 0 Å². The van der Waals surface area contributed by atoms with E-state index in [-0.39, 0.29) is 5.75 Å². The zero-order valence-corrected chi connectivity index (χ0v) is 17.3. The third kappa shape index (κ3) is 4.87.